The third-order valence-corrected chi connectivity index (χ3v) is 11.9. The third kappa shape index (κ3) is 56.6. The first-order chi connectivity index (χ1) is 35.0. The SMILES string of the molecule is CC/C=C\C/C=C\C/C=C\C/C=C\CCCCCCCCC(=O)OCC(COC(=O)CCCCCCC/C=C\C/C=C\C/C=C\CC)OC(=O)CCCCCCCC/C=C\C/C=C\C/C=C\CCCCC. The number of rotatable bonds is 51. The van der Waals surface area contributed by atoms with Crippen molar-refractivity contribution in [3.05, 3.63) is 122 Å². The van der Waals surface area contributed by atoms with Gasteiger partial charge in [-0.25, -0.2) is 0 Å². The molecule has 1 unspecified atom stereocenters. The maximum absolute atomic E-state index is 12.9. The Morgan fingerprint density at radius 1 is 0.296 bits per heavy atom. The van der Waals surface area contributed by atoms with E-state index >= 15 is 0 Å². The van der Waals surface area contributed by atoms with Crippen molar-refractivity contribution >= 4 is 17.9 Å². The number of hydrogen-bond donors (Lipinski definition) is 0. The van der Waals surface area contributed by atoms with Crippen LogP contribution in [0.25, 0.3) is 0 Å². The highest BCUT2D eigenvalue weighted by Gasteiger charge is 2.19. The standard InChI is InChI=1S/C65H106O6/c1-4-7-10-13-16-19-22-25-28-30-32-34-37-40-43-46-49-52-55-58-64(67)70-61-62(60-69-63(66)57-54-51-48-45-42-39-36-27-24-21-18-15-12-9-6-3)71-65(68)59-56-53-50-47-44-41-38-35-33-31-29-26-23-20-17-14-11-8-5-2/h7,9-10,12,16-21,25-29,32-36,62H,4-6,8,11,13-15,22-24,30-31,37-61H2,1-3H3/b10-7-,12-9-,19-16-,20-17-,21-18-,28-25-,29-26-,34-32-,35-33-,36-27-. The summed E-state index contributed by atoms with van der Waals surface area (Å²) in [6.45, 7) is 6.35. The van der Waals surface area contributed by atoms with Crippen LogP contribution in [0.4, 0.5) is 0 Å². The van der Waals surface area contributed by atoms with Gasteiger partial charge in [0.1, 0.15) is 13.2 Å². The Morgan fingerprint density at radius 2 is 0.549 bits per heavy atom. The van der Waals surface area contributed by atoms with Crippen molar-refractivity contribution in [2.75, 3.05) is 13.2 Å². The van der Waals surface area contributed by atoms with Crippen LogP contribution in [0, 0.1) is 0 Å². The number of allylic oxidation sites excluding steroid dienone is 20. The fourth-order valence-corrected chi connectivity index (χ4v) is 7.63. The van der Waals surface area contributed by atoms with Gasteiger partial charge in [-0.3, -0.25) is 14.4 Å². The summed E-state index contributed by atoms with van der Waals surface area (Å²) in [5.74, 6) is -0.943. The van der Waals surface area contributed by atoms with Crippen LogP contribution < -0.4 is 0 Å². The molecule has 6 heteroatoms. The zero-order valence-corrected chi connectivity index (χ0v) is 45.9. The maximum atomic E-state index is 12.9. The Labute approximate surface area is 437 Å². The summed E-state index contributed by atoms with van der Waals surface area (Å²) in [6.07, 6.45) is 80.4. The van der Waals surface area contributed by atoms with E-state index in [1.54, 1.807) is 0 Å². The van der Waals surface area contributed by atoms with Crippen LogP contribution in [0.15, 0.2) is 122 Å². The molecule has 6 nitrogen and oxygen atoms in total. The molecule has 0 amide bonds. The number of ether oxygens (including phenoxy) is 3. The second kappa shape index (κ2) is 58.4. The first-order valence-corrected chi connectivity index (χ1v) is 29.0. The highest BCUT2D eigenvalue weighted by Crippen LogP contribution is 2.14. The molecule has 0 bridgehead atoms. The van der Waals surface area contributed by atoms with Crippen LogP contribution >= 0.6 is 0 Å². The number of esters is 3. The van der Waals surface area contributed by atoms with Crippen LogP contribution in [0.1, 0.15) is 252 Å². The summed E-state index contributed by atoms with van der Waals surface area (Å²) in [5, 5.41) is 0. The number of carbonyl (C=O) groups is 3. The van der Waals surface area contributed by atoms with E-state index in [1.165, 1.54) is 51.4 Å². The fourth-order valence-electron chi connectivity index (χ4n) is 7.63. The average Bonchev–Trinajstić information content (AvgIpc) is 3.37. The molecule has 0 aromatic rings. The first-order valence-electron chi connectivity index (χ1n) is 29.0. The minimum Gasteiger partial charge on any atom is -0.462 e. The highest BCUT2D eigenvalue weighted by molar-refractivity contribution is 5.71. The normalized spacial score (nSPS) is 13.0. The van der Waals surface area contributed by atoms with E-state index in [2.05, 4.69) is 142 Å². The van der Waals surface area contributed by atoms with Crippen molar-refractivity contribution in [2.24, 2.45) is 0 Å². The Bertz CT molecular complexity index is 1500. The topological polar surface area (TPSA) is 78.9 Å². The summed E-state index contributed by atoms with van der Waals surface area (Å²) in [5.41, 5.74) is 0. The minimum atomic E-state index is -0.803. The molecule has 0 fully saturated rings. The van der Waals surface area contributed by atoms with Gasteiger partial charge >= 0.3 is 17.9 Å². The molecule has 0 aliphatic carbocycles. The predicted octanol–water partition coefficient (Wildman–Crippen LogP) is 19.6. The zero-order chi connectivity index (χ0) is 51.4. The van der Waals surface area contributed by atoms with Gasteiger partial charge in [0, 0.05) is 19.3 Å². The van der Waals surface area contributed by atoms with E-state index in [1.807, 2.05) is 0 Å². The Morgan fingerprint density at radius 3 is 0.859 bits per heavy atom. The first kappa shape index (κ1) is 66.8. The summed E-state index contributed by atoms with van der Waals surface area (Å²) < 4.78 is 16.9. The number of unbranched alkanes of at least 4 members (excludes halogenated alkanes) is 20. The van der Waals surface area contributed by atoms with Crippen LogP contribution in [0.3, 0.4) is 0 Å². The molecule has 0 aromatic carbocycles. The van der Waals surface area contributed by atoms with Crippen molar-refractivity contribution in [3.8, 4) is 0 Å². The van der Waals surface area contributed by atoms with Gasteiger partial charge in [-0.2, -0.15) is 0 Å². The molecular weight excluding hydrogens is 877 g/mol. The Kier molecular flexibility index (Phi) is 54.9. The van der Waals surface area contributed by atoms with Gasteiger partial charge in [0.25, 0.3) is 0 Å². The van der Waals surface area contributed by atoms with E-state index in [0.29, 0.717) is 19.3 Å². The molecule has 0 aliphatic heterocycles. The monoisotopic (exact) mass is 983 g/mol. The van der Waals surface area contributed by atoms with Crippen molar-refractivity contribution in [3.63, 3.8) is 0 Å². The van der Waals surface area contributed by atoms with Crippen molar-refractivity contribution in [1.82, 2.24) is 0 Å². The Balaban J connectivity index is 4.48. The lowest BCUT2D eigenvalue weighted by Crippen LogP contribution is -2.30. The van der Waals surface area contributed by atoms with Crippen LogP contribution in [0.5, 0.6) is 0 Å². The molecule has 1 atom stereocenters. The van der Waals surface area contributed by atoms with Gasteiger partial charge in [0.05, 0.1) is 0 Å². The van der Waals surface area contributed by atoms with Gasteiger partial charge in [-0.1, -0.05) is 226 Å². The summed E-state index contributed by atoms with van der Waals surface area (Å²) in [6, 6.07) is 0. The maximum Gasteiger partial charge on any atom is 0.306 e. The smallest absolute Gasteiger partial charge is 0.306 e. The van der Waals surface area contributed by atoms with Gasteiger partial charge < -0.3 is 14.2 Å². The lowest BCUT2D eigenvalue weighted by Gasteiger charge is -2.18. The fraction of sp³-hybridized carbons (Fsp3) is 0.646. The molecule has 0 saturated carbocycles. The molecule has 0 radical (unpaired) electrons. The minimum absolute atomic E-state index is 0.0997. The van der Waals surface area contributed by atoms with E-state index in [9.17, 15) is 14.4 Å². The summed E-state index contributed by atoms with van der Waals surface area (Å²) in [4.78, 5) is 38.2. The van der Waals surface area contributed by atoms with E-state index < -0.39 is 6.10 Å². The Hall–Kier alpha value is -4.19. The quantitative estimate of drug-likeness (QED) is 0.0261. The molecule has 0 N–H and O–H groups in total. The molecule has 0 saturated heterocycles. The molecule has 0 aromatic heterocycles. The molecule has 0 spiro atoms. The lowest BCUT2D eigenvalue weighted by molar-refractivity contribution is -0.167. The van der Waals surface area contributed by atoms with Crippen molar-refractivity contribution in [2.45, 2.75) is 258 Å². The van der Waals surface area contributed by atoms with Crippen LogP contribution in [0.2, 0.25) is 0 Å². The second-order valence-corrected chi connectivity index (χ2v) is 18.8. The molecular formula is C65H106O6. The number of carbonyl (C=O) groups excluding carboxylic acids is 3. The van der Waals surface area contributed by atoms with Gasteiger partial charge in [-0.05, 0) is 128 Å². The molecule has 402 valence electrons. The van der Waals surface area contributed by atoms with Crippen molar-refractivity contribution in [1.29, 1.82) is 0 Å². The van der Waals surface area contributed by atoms with E-state index in [4.69, 9.17) is 14.2 Å². The van der Waals surface area contributed by atoms with Gasteiger partial charge in [0.2, 0.25) is 0 Å². The summed E-state index contributed by atoms with van der Waals surface area (Å²) in [7, 11) is 0. The average molecular weight is 984 g/mol. The molecule has 0 aliphatic rings. The molecule has 0 rings (SSSR count). The van der Waals surface area contributed by atoms with Gasteiger partial charge in [0.15, 0.2) is 6.10 Å². The van der Waals surface area contributed by atoms with Gasteiger partial charge in [-0.15, -0.1) is 0 Å². The zero-order valence-electron chi connectivity index (χ0n) is 45.9. The lowest BCUT2D eigenvalue weighted by atomic mass is 10.1. The molecule has 71 heavy (non-hydrogen) atoms. The molecule has 0 heterocycles. The van der Waals surface area contributed by atoms with Crippen LogP contribution in [-0.2, 0) is 28.6 Å². The third-order valence-electron chi connectivity index (χ3n) is 11.9. The van der Waals surface area contributed by atoms with E-state index in [-0.39, 0.29) is 31.1 Å². The second-order valence-electron chi connectivity index (χ2n) is 18.8. The summed E-state index contributed by atoms with van der Waals surface area (Å²) >= 11 is 0. The van der Waals surface area contributed by atoms with Crippen molar-refractivity contribution < 1.29 is 28.6 Å². The predicted molar refractivity (Wildman–Crippen MR) is 306 cm³/mol. The largest absolute Gasteiger partial charge is 0.462 e. The van der Waals surface area contributed by atoms with E-state index in [0.717, 1.165) is 161 Å². The number of hydrogen-bond acceptors (Lipinski definition) is 6. The van der Waals surface area contributed by atoms with Crippen LogP contribution in [-0.4, -0.2) is 37.2 Å². The highest BCUT2D eigenvalue weighted by atomic mass is 16.6.